The Morgan fingerprint density at radius 3 is 2.53 bits per heavy atom. The number of carbonyl (C=O) groups is 1. The lowest BCUT2D eigenvalue weighted by atomic mass is 9.95. The topological polar surface area (TPSA) is 29.1 Å². The van der Waals surface area contributed by atoms with Gasteiger partial charge in [-0.05, 0) is 26.0 Å². The van der Waals surface area contributed by atoms with Crippen LogP contribution in [-0.4, -0.2) is 11.8 Å². The highest BCUT2D eigenvalue weighted by atomic mass is 35.5. The SMILES string of the molecule is CC(C)(CCl)C(=O)Nc1ccccc1Cl. The highest BCUT2D eigenvalue weighted by molar-refractivity contribution is 6.33. The first-order valence-corrected chi connectivity index (χ1v) is 5.50. The second-order valence-corrected chi connectivity index (χ2v) is 4.63. The van der Waals surface area contributed by atoms with Crippen LogP contribution in [0.5, 0.6) is 0 Å². The largest absolute Gasteiger partial charge is 0.324 e. The summed E-state index contributed by atoms with van der Waals surface area (Å²) in [6.45, 7) is 3.57. The Morgan fingerprint density at radius 1 is 1.40 bits per heavy atom. The predicted molar refractivity (Wildman–Crippen MR) is 64.6 cm³/mol. The fourth-order valence-electron chi connectivity index (χ4n) is 0.915. The van der Waals surface area contributed by atoms with Gasteiger partial charge in [-0.2, -0.15) is 0 Å². The number of hydrogen-bond acceptors (Lipinski definition) is 1. The number of anilines is 1. The Labute approximate surface area is 99.6 Å². The minimum atomic E-state index is -0.597. The molecule has 0 aromatic heterocycles. The molecular formula is C11H13Cl2NO. The van der Waals surface area contributed by atoms with Gasteiger partial charge in [0.1, 0.15) is 0 Å². The average molecular weight is 246 g/mol. The van der Waals surface area contributed by atoms with Gasteiger partial charge in [0.2, 0.25) is 5.91 Å². The molecule has 0 bridgehead atoms. The van der Waals surface area contributed by atoms with Crippen LogP contribution in [-0.2, 0) is 4.79 Å². The van der Waals surface area contributed by atoms with Crippen molar-refractivity contribution < 1.29 is 4.79 Å². The number of carbonyl (C=O) groups excluding carboxylic acids is 1. The Bertz CT molecular complexity index is 363. The van der Waals surface area contributed by atoms with E-state index in [1.807, 2.05) is 12.1 Å². The summed E-state index contributed by atoms with van der Waals surface area (Å²) < 4.78 is 0. The van der Waals surface area contributed by atoms with E-state index in [1.54, 1.807) is 26.0 Å². The Hall–Kier alpha value is -0.730. The zero-order valence-electron chi connectivity index (χ0n) is 8.68. The maximum absolute atomic E-state index is 11.8. The molecule has 1 aromatic carbocycles. The summed E-state index contributed by atoms with van der Waals surface area (Å²) in [5.41, 5.74) is 0.0168. The molecule has 0 aliphatic rings. The van der Waals surface area contributed by atoms with E-state index in [0.717, 1.165) is 0 Å². The molecule has 2 nitrogen and oxygen atoms in total. The molecule has 0 spiro atoms. The van der Waals surface area contributed by atoms with Crippen molar-refractivity contribution in [2.24, 2.45) is 5.41 Å². The molecular weight excluding hydrogens is 233 g/mol. The van der Waals surface area contributed by atoms with Gasteiger partial charge in [0.25, 0.3) is 0 Å². The third-order valence-corrected chi connectivity index (χ3v) is 3.07. The highest BCUT2D eigenvalue weighted by Crippen LogP contribution is 2.24. The third kappa shape index (κ3) is 3.11. The molecule has 1 aromatic rings. The van der Waals surface area contributed by atoms with Crippen LogP contribution in [0.2, 0.25) is 5.02 Å². The number of benzene rings is 1. The lowest BCUT2D eigenvalue weighted by molar-refractivity contribution is -0.122. The number of para-hydroxylation sites is 1. The predicted octanol–water partition coefficient (Wildman–Crippen LogP) is 3.54. The summed E-state index contributed by atoms with van der Waals surface area (Å²) in [6.07, 6.45) is 0. The molecule has 82 valence electrons. The van der Waals surface area contributed by atoms with E-state index in [-0.39, 0.29) is 11.8 Å². The van der Waals surface area contributed by atoms with Crippen LogP contribution >= 0.6 is 23.2 Å². The third-order valence-electron chi connectivity index (χ3n) is 2.07. The van der Waals surface area contributed by atoms with E-state index in [1.165, 1.54) is 0 Å². The van der Waals surface area contributed by atoms with Crippen LogP contribution in [0.3, 0.4) is 0 Å². The van der Waals surface area contributed by atoms with E-state index >= 15 is 0 Å². The van der Waals surface area contributed by atoms with Crippen LogP contribution in [0, 0.1) is 5.41 Å². The lowest BCUT2D eigenvalue weighted by Crippen LogP contribution is -2.32. The van der Waals surface area contributed by atoms with Crippen molar-refractivity contribution in [2.75, 3.05) is 11.2 Å². The van der Waals surface area contributed by atoms with Crippen molar-refractivity contribution in [1.82, 2.24) is 0 Å². The molecule has 0 fully saturated rings. The van der Waals surface area contributed by atoms with Crippen molar-refractivity contribution in [2.45, 2.75) is 13.8 Å². The summed E-state index contributed by atoms with van der Waals surface area (Å²) in [7, 11) is 0. The molecule has 0 aliphatic heterocycles. The van der Waals surface area contributed by atoms with Crippen LogP contribution in [0.4, 0.5) is 5.69 Å². The average Bonchev–Trinajstić information content (AvgIpc) is 2.21. The van der Waals surface area contributed by atoms with Gasteiger partial charge in [0.05, 0.1) is 16.1 Å². The van der Waals surface area contributed by atoms with Gasteiger partial charge in [-0.1, -0.05) is 23.7 Å². The van der Waals surface area contributed by atoms with Crippen molar-refractivity contribution in [1.29, 1.82) is 0 Å². The summed E-state index contributed by atoms with van der Waals surface area (Å²) in [4.78, 5) is 11.8. The summed E-state index contributed by atoms with van der Waals surface area (Å²) in [5, 5.41) is 3.27. The van der Waals surface area contributed by atoms with Crippen molar-refractivity contribution in [3.05, 3.63) is 29.3 Å². The molecule has 0 unspecified atom stereocenters. The van der Waals surface area contributed by atoms with Crippen LogP contribution in [0.15, 0.2) is 24.3 Å². The number of rotatable bonds is 3. The van der Waals surface area contributed by atoms with Gasteiger partial charge in [0, 0.05) is 5.88 Å². The second-order valence-electron chi connectivity index (χ2n) is 3.95. The minimum Gasteiger partial charge on any atom is -0.324 e. The Balaban J connectivity index is 2.80. The zero-order valence-corrected chi connectivity index (χ0v) is 10.2. The molecule has 0 aliphatic carbocycles. The fourth-order valence-corrected chi connectivity index (χ4v) is 1.22. The Kier molecular flexibility index (Phi) is 4.00. The normalized spacial score (nSPS) is 11.2. The van der Waals surface area contributed by atoms with Crippen LogP contribution in [0.25, 0.3) is 0 Å². The van der Waals surface area contributed by atoms with E-state index in [9.17, 15) is 4.79 Å². The van der Waals surface area contributed by atoms with E-state index in [0.29, 0.717) is 10.7 Å². The number of halogens is 2. The second kappa shape index (κ2) is 4.86. The van der Waals surface area contributed by atoms with Gasteiger partial charge in [-0.15, -0.1) is 11.6 Å². The monoisotopic (exact) mass is 245 g/mol. The van der Waals surface area contributed by atoms with Crippen molar-refractivity contribution >= 4 is 34.8 Å². The first kappa shape index (κ1) is 12.3. The molecule has 0 saturated carbocycles. The number of alkyl halides is 1. The minimum absolute atomic E-state index is 0.134. The smallest absolute Gasteiger partial charge is 0.231 e. The quantitative estimate of drug-likeness (QED) is 0.812. The lowest BCUT2D eigenvalue weighted by Gasteiger charge is -2.20. The molecule has 0 heterocycles. The number of amides is 1. The maximum atomic E-state index is 11.8. The Morgan fingerprint density at radius 2 is 2.00 bits per heavy atom. The maximum Gasteiger partial charge on any atom is 0.231 e. The fraction of sp³-hybridized carbons (Fsp3) is 0.364. The summed E-state index contributed by atoms with van der Waals surface area (Å²) >= 11 is 11.6. The van der Waals surface area contributed by atoms with Crippen molar-refractivity contribution in [3.63, 3.8) is 0 Å². The van der Waals surface area contributed by atoms with E-state index in [4.69, 9.17) is 23.2 Å². The van der Waals surface area contributed by atoms with Crippen LogP contribution < -0.4 is 5.32 Å². The molecule has 4 heteroatoms. The van der Waals surface area contributed by atoms with Gasteiger partial charge in [-0.3, -0.25) is 4.79 Å². The molecule has 0 atom stereocenters. The number of nitrogens with one attached hydrogen (secondary N) is 1. The molecule has 1 amide bonds. The molecule has 1 N–H and O–H groups in total. The van der Waals surface area contributed by atoms with Gasteiger partial charge < -0.3 is 5.32 Å². The highest BCUT2D eigenvalue weighted by Gasteiger charge is 2.26. The molecule has 1 rings (SSSR count). The van der Waals surface area contributed by atoms with Crippen LogP contribution in [0.1, 0.15) is 13.8 Å². The van der Waals surface area contributed by atoms with E-state index < -0.39 is 5.41 Å². The number of hydrogen-bond donors (Lipinski definition) is 1. The molecule has 15 heavy (non-hydrogen) atoms. The van der Waals surface area contributed by atoms with E-state index in [2.05, 4.69) is 5.32 Å². The van der Waals surface area contributed by atoms with Gasteiger partial charge in [-0.25, -0.2) is 0 Å². The van der Waals surface area contributed by atoms with Crippen molar-refractivity contribution in [3.8, 4) is 0 Å². The summed E-state index contributed by atoms with van der Waals surface area (Å²) in [5.74, 6) is 0.133. The zero-order chi connectivity index (χ0) is 11.5. The summed E-state index contributed by atoms with van der Waals surface area (Å²) in [6, 6.07) is 7.11. The van der Waals surface area contributed by atoms with Gasteiger partial charge >= 0.3 is 0 Å². The van der Waals surface area contributed by atoms with Gasteiger partial charge in [0.15, 0.2) is 0 Å². The first-order chi connectivity index (χ1) is 6.97. The molecule has 0 saturated heterocycles. The standard InChI is InChI=1S/C11H13Cl2NO/c1-11(2,7-12)10(15)14-9-6-4-3-5-8(9)13/h3-6H,7H2,1-2H3,(H,14,15). The molecule has 0 radical (unpaired) electrons. The first-order valence-electron chi connectivity index (χ1n) is 4.59.